The van der Waals surface area contributed by atoms with Crippen molar-refractivity contribution in [1.82, 2.24) is 23.9 Å². The Labute approximate surface area is 291 Å². The van der Waals surface area contributed by atoms with E-state index in [1.54, 1.807) is 31.2 Å². The Hall–Kier alpha value is -3.05. The lowest BCUT2D eigenvalue weighted by molar-refractivity contribution is -0.0449. The minimum atomic E-state index is -3.75. The molecule has 2 aliphatic rings. The molecule has 260 valence electrons. The fourth-order valence-corrected chi connectivity index (χ4v) is 8.72. The van der Waals surface area contributed by atoms with Gasteiger partial charge in [-0.1, -0.05) is 24.3 Å². The number of ether oxygens (including phenoxy) is 4. The molecule has 2 aromatic carbocycles. The number of rotatable bonds is 11. The summed E-state index contributed by atoms with van der Waals surface area (Å²) in [6.07, 6.45) is 8.19. The van der Waals surface area contributed by atoms with Crippen molar-refractivity contribution < 1.29 is 31.6 Å². The SMILES string of the molecule is COc1ccc(CN(Cc2ccc(OC)cc2)S(=O)(=S)c2ccnn2C2CCCCO2)cc1.O=S(=O)(Cl)c1ccnn1C1CCCCO1. The Kier molecular flexibility index (Phi) is 12.5. The smallest absolute Gasteiger partial charge is 0.278 e. The van der Waals surface area contributed by atoms with Crippen molar-refractivity contribution in [3.63, 3.8) is 0 Å². The van der Waals surface area contributed by atoms with Crippen molar-refractivity contribution >= 4 is 39.6 Å². The molecule has 0 N–H and O–H groups in total. The summed E-state index contributed by atoms with van der Waals surface area (Å²) in [6, 6.07) is 18.6. The summed E-state index contributed by atoms with van der Waals surface area (Å²) < 4.78 is 63.4. The van der Waals surface area contributed by atoms with Gasteiger partial charge in [0.25, 0.3) is 9.05 Å². The zero-order valence-electron chi connectivity index (χ0n) is 26.9. The van der Waals surface area contributed by atoms with Gasteiger partial charge < -0.3 is 18.9 Å². The average molecular weight is 738 g/mol. The van der Waals surface area contributed by atoms with Crippen LogP contribution < -0.4 is 9.47 Å². The maximum Gasteiger partial charge on any atom is 0.278 e. The standard InChI is InChI=1S/C24H29N3O4S2.C8H11ClN2O3S/c1-29-21-10-6-19(7-11-21)17-26(18-20-8-12-22(30-2)13-9-20)33(28,32)24-14-15-25-27(24)23-5-3-4-16-31-23;9-15(12,13)8-4-5-10-11(8)7-3-1-2-6-14-7/h6-15,23H,3-5,16-18H2,1-2H3;4-5,7H,1-3,6H2. The maximum atomic E-state index is 14.2. The topological polar surface area (TPSA) is 127 Å². The molecule has 0 radical (unpaired) electrons. The molecule has 2 fully saturated rings. The number of benzene rings is 2. The molecule has 12 nitrogen and oxygen atoms in total. The molecule has 0 aliphatic carbocycles. The van der Waals surface area contributed by atoms with E-state index < -0.39 is 17.7 Å². The molecular formula is C32H40ClN5O7S3. The lowest BCUT2D eigenvalue weighted by atomic mass is 10.2. The number of hydrogen-bond acceptors (Lipinski definition) is 10. The molecule has 4 aromatic rings. The number of halogens is 1. The molecule has 48 heavy (non-hydrogen) atoms. The van der Waals surface area contributed by atoms with Crippen molar-refractivity contribution in [3.8, 4) is 11.5 Å². The fraction of sp³-hybridized carbons (Fsp3) is 0.438. The number of methoxy groups -OCH3 is 2. The molecule has 0 bridgehead atoms. The third kappa shape index (κ3) is 9.14. The van der Waals surface area contributed by atoms with Crippen LogP contribution in [-0.2, 0) is 51.5 Å². The lowest BCUT2D eigenvalue weighted by Crippen LogP contribution is -2.32. The van der Waals surface area contributed by atoms with Crippen molar-refractivity contribution in [2.45, 2.75) is 74.1 Å². The Morgan fingerprint density at radius 3 is 1.58 bits per heavy atom. The second-order valence-electron chi connectivity index (χ2n) is 11.3. The first-order chi connectivity index (χ1) is 23.1. The first kappa shape index (κ1) is 36.2. The van der Waals surface area contributed by atoms with E-state index in [0.29, 0.717) is 31.3 Å². The third-order valence-corrected chi connectivity index (χ3v) is 12.2. The van der Waals surface area contributed by atoms with Gasteiger partial charge in [0.1, 0.15) is 25.2 Å². The lowest BCUT2D eigenvalue weighted by Gasteiger charge is -2.29. The predicted molar refractivity (Wildman–Crippen MR) is 184 cm³/mol. The molecule has 0 amide bonds. The van der Waals surface area contributed by atoms with E-state index in [9.17, 15) is 12.6 Å². The molecule has 16 heteroatoms. The van der Waals surface area contributed by atoms with Crippen LogP contribution in [0.25, 0.3) is 0 Å². The van der Waals surface area contributed by atoms with Crippen LogP contribution in [0.1, 0.15) is 62.1 Å². The Balaban J connectivity index is 0.000000250. The molecule has 3 unspecified atom stereocenters. The molecule has 4 heterocycles. The van der Waals surface area contributed by atoms with E-state index in [2.05, 4.69) is 10.2 Å². The molecule has 0 spiro atoms. The molecule has 6 rings (SSSR count). The van der Waals surface area contributed by atoms with Gasteiger partial charge in [-0.2, -0.15) is 10.2 Å². The van der Waals surface area contributed by atoms with Crippen molar-refractivity contribution in [2.75, 3.05) is 27.4 Å². The molecule has 2 aromatic heterocycles. The fourth-order valence-electron chi connectivity index (χ4n) is 5.49. The molecular weight excluding hydrogens is 698 g/mol. The number of nitrogens with zero attached hydrogens (tertiary/aromatic N) is 5. The van der Waals surface area contributed by atoms with E-state index >= 15 is 0 Å². The first-order valence-corrected chi connectivity index (χ1v) is 20.4. The van der Waals surface area contributed by atoms with Crippen LogP contribution in [0.3, 0.4) is 0 Å². The van der Waals surface area contributed by atoms with Gasteiger partial charge in [0.15, 0.2) is 17.5 Å². The highest BCUT2D eigenvalue weighted by molar-refractivity contribution is 8.31. The van der Waals surface area contributed by atoms with Gasteiger partial charge in [-0.05, 0) is 86.1 Å². The largest absolute Gasteiger partial charge is 0.497 e. The van der Waals surface area contributed by atoms with Crippen LogP contribution >= 0.6 is 10.7 Å². The van der Waals surface area contributed by atoms with E-state index in [0.717, 1.165) is 61.2 Å². The highest BCUT2D eigenvalue weighted by Crippen LogP contribution is 2.29. The van der Waals surface area contributed by atoms with Crippen LogP contribution in [0.4, 0.5) is 0 Å². The van der Waals surface area contributed by atoms with Crippen LogP contribution in [-0.4, -0.2) is 63.9 Å². The van der Waals surface area contributed by atoms with Crippen molar-refractivity contribution in [2.24, 2.45) is 0 Å². The summed E-state index contributed by atoms with van der Waals surface area (Å²) in [4.78, 5) is 0. The minimum Gasteiger partial charge on any atom is -0.497 e. The molecule has 0 saturated carbocycles. The van der Waals surface area contributed by atoms with Gasteiger partial charge in [0.2, 0.25) is 0 Å². The van der Waals surface area contributed by atoms with Crippen LogP contribution in [0, 0.1) is 0 Å². The van der Waals surface area contributed by atoms with Crippen molar-refractivity contribution in [3.05, 3.63) is 84.2 Å². The maximum absolute atomic E-state index is 14.2. The quantitative estimate of drug-likeness (QED) is 0.174. The Morgan fingerprint density at radius 2 is 1.19 bits per heavy atom. The minimum absolute atomic E-state index is 0.00364. The summed E-state index contributed by atoms with van der Waals surface area (Å²) in [5, 5.41) is 8.87. The number of hydrogen-bond donors (Lipinski definition) is 0. The zero-order valence-corrected chi connectivity index (χ0v) is 30.1. The van der Waals surface area contributed by atoms with Gasteiger partial charge in [-0.15, -0.1) is 0 Å². The Morgan fingerprint density at radius 1 is 0.750 bits per heavy atom. The van der Waals surface area contributed by atoms with Gasteiger partial charge in [0.05, 0.1) is 26.6 Å². The summed E-state index contributed by atoms with van der Waals surface area (Å²) in [5.41, 5.74) is 1.98. The summed E-state index contributed by atoms with van der Waals surface area (Å²) in [5.74, 6) is 1.54. The van der Waals surface area contributed by atoms with Crippen LogP contribution in [0.15, 0.2) is 83.1 Å². The van der Waals surface area contributed by atoms with Gasteiger partial charge in [-0.25, -0.2) is 26.3 Å². The van der Waals surface area contributed by atoms with E-state index in [1.807, 2.05) is 52.8 Å². The van der Waals surface area contributed by atoms with E-state index in [-0.39, 0.29) is 17.5 Å². The van der Waals surface area contributed by atoms with Crippen LogP contribution in [0.5, 0.6) is 11.5 Å². The second kappa shape index (κ2) is 16.6. The number of aromatic nitrogens is 4. The van der Waals surface area contributed by atoms with E-state index in [4.69, 9.17) is 40.8 Å². The van der Waals surface area contributed by atoms with E-state index in [1.165, 1.54) is 16.9 Å². The normalized spacial score (nSPS) is 19.6. The summed E-state index contributed by atoms with van der Waals surface area (Å²) in [6.45, 7) is 2.13. The Bertz CT molecular complexity index is 1770. The zero-order chi connectivity index (χ0) is 34.1. The summed E-state index contributed by atoms with van der Waals surface area (Å²) in [7, 11) is 1.76. The highest BCUT2D eigenvalue weighted by Gasteiger charge is 2.29. The first-order valence-electron chi connectivity index (χ1n) is 15.6. The predicted octanol–water partition coefficient (Wildman–Crippen LogP) is 5.83. The monoisotopic (exact) mass is 737 g/mol. The average Bonchev–Trinajstić information content (AvgIpc) is 3.82. The second-order valence-corrected chi connectivity index (χ2v) is 17.0. The van der Waals surface area contributed by atoms with Crippen LogP contribution in [0.2, 0.25) is 0 Å². The third-order valence-electron chi connectivity index (χ3n) is 8.01. The molecule has 2 saturated heterocycles. The van der Waals surface area contributed by atoms with Gasteiger partial charge in [-0.3, -0.25) is 0 Å². The molecule has 2 aliphatic heterocycles. The van der Waals surface area contributed by atoms with Gasteiger partial charge >= 0.3 is 0 Å². The summed E-state index contributed by atoms with van der Waals surface area (Å²) >= 11 is 5.83. The molecule has 3 atom stereocenters. The van der Waals surface area contributed by atoms with Crippen molar-refractivity contribution in [1.29, 1.82) is 0 Å². The highest BCUT2D eigenvalue weighted by atomic mass is 35.7. The van der Waals surface area contributed by atoms with Gasteiger partial charge in [0, 0.05) is 48.2 Å².